The van der Waals surface area contributed by atoms with E-state index < -0.39 is 5.82 Å². The fourth-order valence-corrected chi connectivity index (χ4v) is 4.63. The molecule has 2 aromatic heterocycles. The van der Waals surface area contributed by atoms with Gasteiger partial charge in [0.1, 0.15) is 12.1 Å². The molecule has 2 aliphatic heterocycles. The zero-order valence-corrected chi connectivity index (χ0v) is 21.8. The van der Waals surface area contributed by atoms with E-state index in [2.05, 4.69) is 30.3 Å². The van der Waals surface area contributed by atoms with Gasteiger partial charge in [-0.15, -0.1) is 5.10 Å². The van der Waals surface area contributed by atoms with Crippen LogP contribution in [0.5, 0.6) is 0 Å². The number of tetrazole rings is 1. The molecule has 2 fully saturated rings. The first kappa shape index (κ1) is 27.8. The number of pyridine rings is 1. The van der Waals surface area contributed by atoms with Crippen molar-refractivity contribution in [2.75, 3.05) is 32.8 Å². The first-order valence-electron chi connectivity index (χ1n) is 10.7. The van der Waals surface area contributed by atoms with Crippen LogP contribution in [-0.2, 0) is 16.0 Å². The van der Waals surface area contributed by atoms with Crippen LogP contribution in [0.15, 0.2) is 36.8 Å². The van der Waals surface area contributed by atoms with Crippen molar-refractivity contribution in [3.05, 3.63) is 70.2 Å². The van der Waals surface area contributed by atoms with Gasteiger partial charge >= 0.3 is 0 Å². The Bertz CT molecular complexity index is 1240. The minimum atomic E-state index is -0.634. The lowest BCUT2D eigenvalue weighted by molar-refractivity contribution is -0.139. The van der Waals surface area contributed by atoms with Crippen LogP contribution >= 0.6 is 38.6 Å². The molecule has 0 spiro atoms. The lowest BCUT2D eigenvalue weighted by Crippen LogP contribution is -2.59. The monoisotopic (exact) mass is 550 g/mol. The summed E-state index contributed by atoms with van der Waals surface area (Å²) in [6, 6.07) is 6.51. The van der Waals surface area contributed by atoms with Gasteiger partial charge in [0.05, 0.1) is 36.8 Å². The number of rotatable bonds is 4. The number of fused-ring (bicyclic) bond motifs is 1. The number of piperazine rings is 1. The number of nitrogens with zero attached hydrogens (tertiary/aromatic N) is 8. The van der Waals surface area contributed by atoms with Crippen LogP contribution < -0.4 is 0 Å². The average Bonchev–Trinajstić information content (AvgIpc) is 3.39. The Morgan fingerprint density at radius 2 is 2.06 bits per heavy atom. The smallest absolute Gasteiger partial charge is 0.240 e. The number of hydrogen-bond acceptors (Lipinski definition) is 7. The van der Waals surface area contributed by atoms with Gasteiger partial charge in [-0.2, -0.15) is 31.7 Å². The molecular weight excluding hydrogens is 527 g/mol. The number of carbonyl (C=O) groups is 1. The molecule has 0 bridgehead atoms. The van der Waals surface area contributed by atoms with Crippen molar-refractivity contribution in [1.29, 1.82) is 0 Å². The van der Waals surface area contributed by atoms with Crippen molar-refractivity contribution in [1.82, 2.24) is 35.0 Å². The summed E-state index contributed by atoms with van der Waals surface area (Å²) in [5.41, 5.74) is 1.25. The Morgan fingerprint density at radius 3 is 2.75 bits per heavy atom. The molecule has 14 heteroatoms. The van der Waals surface area contributed by atoms with Crippen molar-refractivity contribution < 1.29 is 13.9 Å². The second-order valence-electron chi connectivity index (χ2n) is 8.18. The summed E-state index contributed by atoms with van der Waals surface area (Å²) in [5, 5.41) is 11.1. The van der Waals surface area contributed by atoms with E-state index in [-0.39, 0.29) is 62.2 Å². The molecule has 1 amide bonds. The highest BCUT2D eigenvalue weighted by Gasteiger charge is 2.36. The third kappa shape index (κ3) is 5.63. The predicted molar refractivity (Wildman–Crippen MR) is 140 cm³/mol. The van der Waals surface area contributed by atoms with Crippen LogP contribution in [0, 0.1) is 12.4 Å². The van der Waals surface area contributed by atoms with E-state index in [1.807, 2.05) is 11.0 Å². The summed E-state index contributed by atoms with van der Waals surface area (Å²) in [6.45, 7) is 10.0. The van der Waals surface area contributed by atoms with E-state index in [4.69, 9.17) is 22.9 Å². The van der Waals surface area contributed by atoms with Gasteiger partial charge in [-0.1, -0.05) is 23.7 Å². The Kier molecular flexibility index (Phi) is 9.26. The number of ether oxygens (including phenoxy) is 1. The standard InChI is InChI=1S/C22H20ClFN8O2.2H2S/c1-25-22-17(24)4-3-16(21(22)23)18-11-30-6-7-31(10-15(30)12-34-18)20(33)8-14-2-5-19(26-9-14)32-13-27-28-29-32;;/h2-5,9,13,15,18H,6-8,10-12H2;2*1H2/t15-,18+;;/m0../s1. The molecule has 3 aromatic rings. The van der Waals surface area contributed by atoms with Crippen molar-refractivity contribution in [3.63, 3.8) is 0 Å². The predicted octanol–water partition coefficient (Wildman–Crippen LogP) is 2.45. The Hall–Kier alpha value is -2.76. The van der Waals surface area contributed by atoms with E-state index in [1.54, 1.807) is 18.3 Å². The fourth-order valence-electron chi connectivity index (χ4n) is 4.32. The van der Waals surface area contributed by atoms with Gasteiger partial charge in [0.2, 0.25) is 11.6 Å². The largest absolute Gasteiger partial charge is 0.370 e. The SMILES string of the molecule is S.S.[C-]#[N+]c1c(F)ccc([C@H]2CN3CCN(C(=O)Cc4ccc(-n5cnnn5)nc4)C[C@H]3CO2)c1Cl. The van der Waals surface area contributed by atoms with E-state index in [9.17, 15) is 9.18 Å². The maximum Gasteiger partial charge on any atom is 0.240 e. The molecular formula is C22H24ClFN8O2S2. The summed E-state index contributed by atoms with van der Waals surface area (Å²) in [7, 11) is 0. The number of aromatic nitrogens is 5. The third-order valence-electron chi connectivity index (χ3n) is 6.15. The lowest BCUT2D eigenvalue weighted by atomic mass is 10.0. The topological polar surface area (TPSA) is 93.6 Å². The molecule has 1 aromatic carbocycles. The van der Waals surface area contributed by atoms with E-state index in [1.165, 1.54) is 17.1 Å². The molecule has 0 unspecified atom stereocenters. The van der Waals surface area contributed by atoms with Crippen molar-refractivity contribution in [3.8, 4) is 5.82 Å². The van der Waals surface area contributed by atoms with Gasteiger partial charge in [0.25, 0.3) is 0 Å². The number of carbonyl (C=O) groups excluding carboxylic acids is 1. The molecule has 2 aliphatic rings. The summed E-state index contributed by atoms with van der Waals surface area (Å²) >= 11 is 6.28. The summed E-state index contributed by atoms with van der Waals surface area (Å²) in [6.07, 6.45) is 3.02. The number of hydrogen-bond donors (Lipinski definition) is 0. The highest BCUT2D eigenvalue weighted by atomic mass is 35.5. The molecule has 0 radical (unpaired) electrons. The quantitative estimate of drug-likeness (QED) is 0.461. The molecule has 36 heavy (non-hydrogen) atoms. The number of benzene rings is 1. The Labute approximate surface area is 226 Å². The highest BCUT2D eigenvalue weighted by molar-refractivity contribution is 7.59. The van der Waals surface area contributed by atoms with Crippen molar-refractivity contribution in [2.24, 2.45) is 0 Å². The van der Waals surface area contributed by atoms with Gasteiger partial charge in [-0.05, 0) is 33.7 Å². The molecule has 0 aliphatic carbocycles. The van der Waals surface area contributed by atoms with Crippen molar-refractivity contribution >= 4 is 50.2 Å². The van der Waals surface area contributed by atoms with E-state index in [0.717, 1.165) is 5.56 Å². The van der Waals surface area contributed by atoms with Gasteiger partial charge in [0.15, 0.2) is 5.82 Å². The molecule has 5 rings (SSSR count). The van der Waals surface area contributed by atoms with Gasteiger partial charge < -0.3 is 9.64 Å². The lowest BCUT2D eigenvalue weighted by Gasteiger charge is -2.46. The summed E-state index contributed by atoms with van der Waals surface area (Å²) in [4.78, 5) is 24.5. The van der Waals surface area contributed by atoms with Gasteiger partial charge in [-0.25, -0.2) is 14.2 Å². The van der Waals surface area contributed by atoms with Crippen LogP contribution in [0.4, 0.5) is 10.1 Å². The highest BCUT2D eigenvalue weighted by Crippen LogP contribution is 2.38. The van der Waals surface area contributed by atoms with Crippen LogP contribution in [0.1, 0.15) is 17.2 Å². The maximum atomic E-state index is 13.8. The molecule has 0 N–H and O–H groups in total. The van der Waals surface area contributed by atoms with Crippen LogP contribution in [0.2, 0.25) is 5.02 Å². The molecule has 4 heterocycles. The summed E-state index contributed by atoms with van der Waals surface area (Å²) < 4.78 is 21.3. The zero-order valence-electron chi connectivity index (χ0n) is 19.0. The summed E-state index contributed by atoms with van der Waals surface area (Å²) in [5.74, 6) is -0.0275. The normalized spacial score (nSPS) is 19.4. The minimum Gasteiger partial charge on any atom is -0.370 e. The van der Waals surface area contributed by atoms with Crippen LogP contribution in [0.25, 0.3) is 10.7 Å². The van der Waals surface area contributed by atoms with Crippen molar-refractivity contribution in [2.45, 2.75) is 18.6 Å². The first-order chi connectivity index (χ1) is 16.5. The maximum absolute atomic E-state index is 13.8. The molecule has 2 saturated heterocycles. The fraction of sp³-hybridized carbons (Fsp3) is 0.364. The molecule has 190 valence electrons. The molecule has 10 nitrogen and oxygen atoms in total. The van der Waals surface area contributed by atoms with E-state index in [0.29, 0.717) is 44.2 Å². The first-order valence-corrected chi connectivity index (χ1v) is 11.1. The average molecular weight is 551 g/mol. The second kappa shape index (κ2) is 12.0. The molecule has 2 atom stereocenters. The number of amides is 1. The Morgan fingerprint density at radius 1 is 1.22 bits per heavy atom. The number of morpholine rings is 1. The zero-order chi connectivity index (χ0) is 23.7. The van der Waals surface area contributed by atoms with E-state index >= 15 is 0 Å². The Balaban J connectivity index is 0.00000180. The van der Waals surface area contributed by atoms with Gasteiger partial charge in [-0.3, -0.25) is 9.69 Å². The third-order valence-corrected chi connectivity index (χ3v) is 6.55. The molecule has 0 saturated carbocycles. The second-order valence-corrected chi connectivity index (χ2v) is 8.56. The number of halogens is 2. The van der Waals surface area contributed by atoms with Crippen LogP contribution in [0.3, 0.4) is 0 Å². The van der Waals surface area contributed by atoms with Gasteiger partial charge in [0, 0.05) is 32.4 Å². The minimum absolute atomic E-state index is 0. The van der Waals surface area contributed by atoms with Crippen LogP contribution in [-0.4, -0.2) is 79.7 Å².